The van der Waals surface area contributed by atoms with Crippen molar-refractivity contribution in [3.05, 3.63) is 54.2 Å². The van der Waals surface area contributed by atoms with Crippen molar-refractivity contribution in [2.75, 3.05) is 6.54 Å². The zero-order valence-electron chi connectivity index (χ0n) is 20.1. The number of fused-ring (bicyclic) bond motifs is 1. The first-order valence-electron chi connectivity index (χ1n) is 11.5. The number of carboxylic acid groups (broad SMARTS) is 1. The monoisotopic (exact) mass is 497 g/mol. The van der Waals surface area contributed by atoms with Crippen LogP contribution in [0, 0.1) is 5.92 Å². The van der Waals surface area contributed by atoms with Gasteiger partial charge in [0.25, 0.3) is 0 Å². The summed E-state index contributed by atoms with van der Waals surface area (Å²) in [6, 6.07) is 4.55. The third kappa shape index (κ3) is 6.92. The molecule has 2 aromatic heterocycles. The fourth-order valence-corrected chi connectivity index (χ4v) is 3.77. The number of hydrogen-bond donors (Lipinski definition) is 7. The first kappa shape index (κ1) is 26.4. The van der Waals surface area contributed by atoms with Crippen LogP contribution in [-0.2, 0) is 32.0 Å². The lowest BCUT2D eigenvalue weighted by Gasteiger charge is -2.23. The SMILES string of the molecule is CC(C)C(NC(=O)C(Cc1cnc[nH]1)NC(=O)CNC(=O)C(N)Cc1c[nH]c2ccccc12)C(=O)O. The molecule has 192 valence electrons. The minimum atomic E-state index is -1.18. The molecule has 3 amide bonds. The van der Waals surface area contributed by atoms with Gasteiger partial charge in [-0.15, -0.1) is 0 Å². The molecule has 3 rings (SSSR count). The van der Waals surface area contributed by atoms with Crippen LogP contribution < -0.4 is 21.7 Å². The van der Waals surface area contributed by atoms with E-state index >= 15 is 0 Å². The normalized spacial score (nSPS) is 13.7. The summed E-state index contributed by atoms with van der Waals surface area (Å²) in [4.78, 5) is 59.2. The number of H-pyrrole nitrogens is 2. The van der Waals surface area contributed by atoms with Crippen LogP contribution in [0.3, 0.4) is 0 Å². The van der Waals surface area contributed by atoms with Crippen LogP contribution in [0.2, 0.25) is 0 Å². The molecule has 0 saturated heterocycles. The van der Waals surface area contributed by atoms with Crippen LogP contribution in [0.4, 0.5) is 0 Å². The molecule has 2 heterocycles. The topological polar surface area (TPSA) is 195 Å². The highest BCUT2D eigenvalue weighted by atomic mass is 16.4. The number of hydrogen-bond acceptors (Lipinski definition) is 6. The van der Waals surface area contributed by atoms with E-state index in [4.69, 9.17) is 5.73 Å². The van der Waals surface area contributed by atoms with E-state index in [0.29, 0.717) is 5.69 Å². The number of imidazole rings is 1. The highest BCUT2D eigenvalue weighted by Crippen LogP contribution is 2.18. The zero-order chi connectivity index (χ0) is 26.2. The lowest BCUT2D eigenvalue weighted by molar-refractivity contribution is -0.143. The second kappa shape index (κ2) is 12.0. The molecular formula is C24H31N7O5. The second-order valence-electron chi connectivity index (χ2n) is 8.86. The predicted octanol–water partition coefficient (Wildman–Crippen LogP) is -0.170. The lowest BCUT2D eigenvalue weighted by Crippen LogP contribution is -2.55. The van der Waals surface area contributed by atoms with Crippen LogP contribution in [-0.4, -0.2) is 68.4 Å². The minimum absolute atomic E-state index is 0.0516. The highest BCUT2D eigenvalue weighted by Gasteiger charge is 2.29. The molecule has 12 heteroatoms. The van der Waals surface area contributed by atoms with Crippen molar-refractivity contribution in [3.8, 4) is 0 Å². The Labute approximate surface area is 207 Å². The molecule has 0 aliphatic rings. The lowest BCUT2D eigenvalue weighted by atomic mass is 10.0. The number of carboxylic acids is 1. The number of carbonyl (C=O) groups is 4. The molecule has 36 heavy (non-hydrogen) atoms. The molecule has 1 aromatic carbocycles. The molecule has 3 atom stereocenters. The molecule has 0 aliphatic heterocycles. The van der Waals surface area contributed by atoms with Gasteiger partial charge in [-0.05, 0) is 24.0 Å². The fourth-order valence-electron chi connectivity index (χ4n) is 3.77. The molecule has 0 radical (unpaired) electrons. The number of aromatic nitrogens is 3. The van der Waals surface area contributed by atoms with Crippen molar-refractivity contribution >= 4 is 34.6 Å². The van der Waals surface area contributed by atoms with Gasteiger partial charge in [0.15, 0.2) is 0 Å². The quantitative estimate of drug-likeness (QED) is 0.180. The van der Waals surface area contributed by atoms with E-state index in [-0.39, 0.29) is 18.8 Å². The van der Waals surface area contributed by atoms with Gasteiger partial charge in [-0.1, -0.05) is 32.0 Å². The third-order valence-corrected chi connectivity index (χ3v) is 5.74. The van der Waals surface area contributed by atoms with E-state index in [9.17, 15) is 24.3 Å². The average Bonchev–Trinajstić information content (AvgIpc) is 3.50. The van der Waals surface area contributed by atoms with Gasteiger partial charge in [-0.25, -0.2) is 9.78 Å². The Bertz CT molecular complexity index is 1200. The number of nitrogens with one attached hydrogen (secondary N) is 5. The number of rotatable bonds is 12. The van der Waals surface area contributed by atoms with Gasteiger partial charge >= 0.3 is 5.97 Å². The first-order chi connectivity index (χ1) is 17.2. The van der Waals surface area contributed by atoms with Crippen LogP contribution in [0.1, 0.15) is 25.1 Å². The largest absolute Gasteiger partial charge is 0.480 e. The maximum absolute atomic E-state index is 12.8. The summed E-state index contributed by atoms with van der Waals surface area (Å²) >= 11 is 0. The number of nitrogens with two attached hydrogens (primary N) is 1. The molecule has 3 aromatic rings. The van der Waals surface area contributed by atoms with Crippen molar-refractivity contribution in [1.82, 2.24) is 30.9 Å². The number of nitrogens with zero attached hydrogens (tertiary/aromatic N) is 1. The predicted molar refractivity (Wildman–Crippen MR) is 132 cm³/mol. The average molecular weight is 498 g/mol. The maximum Gasteiger partial charge on any atom is 0.326 e. The maximum atomic E-state index is 12.8. The number of aliphatic carboxylic acids is 1. The number of carbonyl (C=O) groups excluding carboxylic acids is 3. The molecule has 12 nitrogen and oxygen atoms in total. The first-order valence-corrected chi connectivity index (χ1v) is 11.5. The van der Waals surface area contributed by atoms with E-state index < -0.39 is 48.4 Å². The fraction of sp³-hybridized carbons (Fsp3) is 0.375. The van der Waals surface area contributed by atoms with Crippen molar-refractivity contribution < 1.29 is 24.3 Å². The van der Waals surface area contributed by atoms with Gasteiger partial charge in [0.1, 0.15) is 12.1 Å². The number of benzene rings is 1. The molecule has 0 fully saturated rings. The van der Waals surface area contributed by atoms with Crippen LogP contribution in [0.25, 0.3) is 10.9 Å². The van der Waals surface area contributed by atoms with E-state index in [1.54, 1.807) is 20.0 Å². The number of amides is 3. The van der Waals surface area contributed by atoms with Crippen LogP contribution >= 0.6 is 0 Å². The van der Waals surface area contributed by atoms with E-state index in [0.717, 1.165) is 16.5 Å². The number of para-hydroxylation sites is 1. The van der Waals surface area contributed by atoms with Crippen molar-refractivity contribution in [1.29, 1.82) is 0 Å². The van der Waals surface area contributed by atoms with Gasteiger partial charge in [0, 0.05) is 35.4 Å². The minimum Gasteiger partial charge on any atom is -0.480 e. The van der Waals surface area contributed by atoms with Gasteiger partial charge in [0.2, 0.25) is 17.7 Å². The molecule has 0 spiro atoms. The summed E-state index contributed by atoms with van der Waals surface area (Å²) in [5, 5.41) is 17.8. The van der Waals surface area contributed by atoms with E-state index in [1.807, 2.05) is 24.3 Å². The van der Waals surface area contributed by atoms with Crippen LogP contribution in [0.5, 0.6) is 0 Å². The Kier molecular flexibility index (Phi) is 8.79. The Hall–Kier alpha value is -4.19. The van der Waals surface area contributed by atoms with Gasteiger partial charge < -0.3 is 36.8 Å². The van der Waals surface area contributed by atoms with Crippen molar-refractivity contribution in [2.45, 2.75) is 44.8 Å². The molecule has 0 bridgehead atoms. The Morgan fingerprint density at radius 2 is 1.81 bits per heavy atom. The summed E-state index contributed by atoms with van der Waals surface area (Å²) in [7, 11) is 0. The summed E-state index contributed by atoms with van der Waals surface area (Å²) in [5.74, 6) is -3.36. The summed E-state index contributed by atoms with van der Waals surface area (Å²) in [5.41, 5.74) is 8.43. The molecule has 0 saturated carbocycles. The van der Waals surface area contributed by atoms with Gasteiger partial charge in [-0.3, -0.25) is 14.4 Å². The Morgan fingerprint density at radius 3 is 2.47 bits per heavy atom. The number of aromatic amines is 2. The molecule has 0 aliphatic carbocycles. The summed E-state index contributed by atoms with van der Waals surface area (Å²) in [6.45, 7) is 2.92. The van der Waals surface area contributed by atoms with Crippen LogP contribution in [0.15, 0.2) is 43.0 Å². The van der Waals surface area contributed by atoms with Gasteiger partial charge in [-0.2, -0.15) is 0 Å². The Balaban J connectivity index is 1.57. The molecular weight excluding hydrogens is 466 g/mol. The van der Waals surface area contributed by atoms with E-state index in [1.165, 1.54) is 12.5 Å². The van der Waals surface area contributed by atoms with Gasteiger partial charge in [0.05, 0.1) is 18.9 Å². The van der Waals surface area contributed by atoms with Crippen molar-refractivity contribution in [2.24, 2.45) is 11.7 Å². The molecule has 3 unspecified atom stereocenters. The van der Waals surface area contributed by atoms with E-state index in [2.05, 4.69) is 30.9 Å². The second-order valence-corrected chi connectivity index (χ2v) is 8.86. The highest BCUT2D eigenvalue weighted by molar-refractivity contribution is 5.93. The zero-order valence-corrected chi connectivity index (χ0v) is 20.1. The Morgan fingerprint density at radius 1 is 1.06 bits per heavy atom. The summed E-state index contributed by atoms with van der Waals surface area (Å²) in [6.07, 6.45) is 5.04. The standard InChI is InChI=1S/C24H31N7O5/c1-13(2)21(24(35)36)31-23(34)19(8-15-10-26-12-29-15)30-20(32)11-28-22(33)17(25)7-14-9-27-18-6-4-3-5-16(14)18/h3-6,9-10,12-13,17,19,21,27H,7-8,11,25H2,1-2H3,(H,26,29)(H,28,33)(H,30,32)(H,31,34)(H,35,36). The smallest absolute Gasteiger partial charge is 0.326 e. The summed E-state index contributed by atoms with van der Waals surface area (Å²) < 4.78 is 0. The molecule has 8 N–H and O–H groups in total. The third-order valence-electron chi connectivity index (χ3n) is 5.74. The van der Waals surface area contributed by atoms with Crippen molar-refractivity contribution in [3.63, 3.8) is 0 Å².